The van der Waals surface area contributed by atoms with Crippen LogP contribution in [0.3, 0.4) is 0 Å². The molecule has 3 rings (SSSR count). The summed E-state index contributed by atoms with van der Waals surface area (Å²) in [5.41, 5.74) is 0.208. The Hall–Kier alpha value is -1.43. The van der Waals surface area contributed by atoms with Crippen LogP contribution in [0.25, 0.3) is 11.4 Å². The molecule has 0 saturated carbocycles. The maximum absolute atomic E-state index is 10.00. The lowest BCUT2D eigenvalue weighted by molar-refractivity contribution is 0.0253. The molecule has 0 radical (unpaired) electrons. The van der Waals surface area contributed by atoms with Gasteiger partial charge in [-0.05, 0) is 57.5 Å². The molecule has 6 heteroatoms. The Labute approximate surface area is 141 Å². The number of aromatic nitrogens is 2. The third kappa shape index (κ3) is 4.31. The van der Waals surface area contributed by atoms with Gasteiger partial charge < -0.3 is 9.63 Å². The van der Waals surface area contributed by atoms with Crippen molar-refractivity contribution in [1.82, 2.24) is 15.0 Å². The summed E-state index contributed by atoms with van der Waals surface area (Å²) in [6.07, 6.45) is 2.10. The van der Waals surface area contributed by atoms with Gasteiger partial charge >= 0.3 is 0 Å². The number of aliphatic hydroxyl groups is 1. The molecule has 2 aromatic rings. The van der Waals surface area contributed by atoms with E-state index in [4.69, 9.17) is 16.1 Å². The van der Waals surface area contributed by atoms with E-state index in [1.54, 1.807) is 0 Å². The molecule has 2 heterocycles. The monoisotopic (exact) mass is 335 g/mol. The van der Waals surface area contributed by atoms with Crippen LogP contribution in [0.1, 0.15) is 38.5 Å². The maximum atomic E-state index is 10.00. The Bertz CT molecular complexity index is 649. The average molecular weight is 336 g/mol. The largest absolute Gasteiger partial charge is 0.389 e. The second kappa shape index (κ2) is 6.59. The van der Waals surface area contributed by atoms with Crippen LogP contribution < -0.4 is 0 Å². The second-order valence-corrected chi connectivity index (χ2v) is 7.29. The number of halogens is 1. The first kappa shape index (κ1) is 16.4. The standard InChI is InChI=1S/C17H22ClN3O2/c1-17(2,22)11-21-9-3-4-13(10-21)16-19-15(20-23-16)12-5-7-14(18)8-6-12/h5-8,13,22H,3-4,9-11H2,1-2H3. The van der Waals surface area contributed by atoms with Crippen molar-refractivity contribution in [3.8, 4) is 11.4 Å². The van der Waals surface area contributed by atoms with Gasteiger partial charge in [-0.3, -0.25) is 4.90 Å². The Morgan fingerprint density at radius 3 is 2.78 bits per heavy atom. The van der Waals surface area contributed by atoms with E-state index in [2.05, 4.69) is 15.0 Å². The van der Waals surface area contributed by atoms with Crippen LogP contribution in [0.5, 0.6) is 0 Å². The summed E-state index contributed by atoms with van der Waals surface area (Å²) in [4.78, 5) is 6.82. The lowest BCUT2D eigenvalue weighted by Crippen LogP contribution is -2.43. The minimum Gasteiger partial charge on any atom is -0.389 e. The lowest BCUT2D eigenvalue weighted by Gasteiger charge is -2.34. The summed E-state index contributed by atoms with van der Waals surface area (Å²) in [5.74, 6) is 1.49. The van der Waals surface area contributed by atoms with Gasteiger partial charge in [-0.1, -0.05) is 16.8 Å². The predicted octanol–water partition coefficient (Wildman–Crippen LogP) is 3.34. The second-order valence-electron chi connectivity index (χ2n) is 6.85. The molecule has 0 spiro atoms. The predicted molar refractivity (Wildman–Crippen MR) is 89.5 cm³/mol. The molecule has 1 aromatic heterocycles. The van der Waals surface area contributed by atoms with Crippen molar-refractivity contribution in [3.05, 3.63) is 35.2 Å². The number of β-amino-alcohol motifs (C(OH)–C–C–N with tert-alkyl or cyclic N) is 1. The van der Waals surface area contributed by atoms with E-state index < -0.39 is 5.60 Å². The Morgan fingerprint density at radius 2 is 2.09 bits per heavy atom. The van der Waals surface area contributed by atoms with Crippen molar-refractivity contribution in [2.24, 2.45) is 0 Å². The minimum atomic E-state index is -0.689. The number of rotatable bonds is 4. The summed E-state index contributed by atoms with van der Waals surface area (Å²) in [6, 6.07) is 7.41. The van der Waals surface area contributed by atoms with Crippen LogP contribution in [-0.2, 0) is 0 Å². The lowest BCUT2D eigenvalue weighted by atomic mass is 9.96. The summed E-state index contributed by atoms with van der Waals surface area (Å²) < 4.78 is 5.48. The van der Waals surface area contributed by atoms with E-state index in [0.29, 0.717) is 23.3 Å². The molecule has 1 fully saturated rings. The average Bonchev–Trinajstić information content (AvgIpc) is 2.96. The molecule has 1 unspecified atom stereocenters. The van der Waals surface area contributed by atoms with Crippen LogP contribution in [0.4, 0.5) is 0 Å². The van der Waals surface area contributed by atoms with Gasteiger partial charge in [-0.25, -0.2) is 0 Å². The Morgan fingerprint density at radius 1 is 1.35 bits per heavy atom. The summed E-state index contributed by atoms with van der Waals surface area (Å²) in [6.45, 7) is 6.16. The van der Waals surface area contributed by atoms with Crippen molar-refractivity contribution in [2.75, 3.05) is 19.6 Å². The molecule has 5 nitrogen and oxygen atoms in total. The van der Waals surface area contributed by atoms with E-state index >= 15 is 0 Å². The first-order valence-corrected chi connectivity index (χ1v) is 8.33. The van der Waals surface area contributed by atoms with Crippen molar-refractivity contribution in [3.63, 3.8) is 0 Å². The SMILES string of the molecule is CC(C)(O)CN1CCCC(c2nc(-c3ccc(Cl)cc3)no2)C1. The van der Waals surface area contributed by atoms with Gasteiger partial charge in [0.1, 0.15) is 0 Å². The van der Waals surface area contributed by atoms with E-state index in [0.717, 1.165) is 31.5 Å². The highest BCUT2D eigenvalue weighted by Crippen LogP contribution is 2.28. The molecule has 1 aliphatic heterocycles. The van der Waals surface area contributed by atoms with Crippen LogP contribution in [0.15, 0.2) is 28.8 Å². The molecular weight excluding hydrogens is 314 g/mol. The number of benzene rings is 1. The van der Waals surface area contributed by atoms with E-state index in [-0.39, 0.29) is 5.92 Å². The number of hydrogen-bond donors (Lipinski definition) is 1. The highest BCUT2D eigenvalue weighted by molar-refractivity contribution is 6.30. The molecule has 23 heavy (non-hydrogen) atoms. The molecular formula is C17H22ClN3O2. The topological polar surface area (TPSA) is 62.4 Å². The summed E-state index contributed by atoms with van der Waals surface area (Å²) >= 11 is 5.90. The molecule has 1 atom stereocenters. The number of hydrogen-bond acceptors (Lipinski definition) is 5. The molecule has 1 aromatic carbocycles. The molecule has 1 N–H and O–H groups in total. The van der Waals surface area contributed by atoms with Crippen molar-refractivity contribution < 1.29 is 9.63 Å². The molecule has 0 aliphatic carbocycles. The van der Waals surface area contributed by atoms with E-state index in [1.807, 2.05) is 38.1 Å². The first-order chi connectivity index (χ1) is 10.9. The highest BCUT2D eigenvalue weighted by Gasteiger charge is 2.28. The van der Waals surface area contributed by atoms with Gasteiger partial charge in [0.2, 0.25) is 11.7 Å². The third-order valence-corrected chi connectivity index (χ3v) is 4.26. The van der Waals surface area contributed by atoms with E-state index in [9.17, 15) is 5.11 Å². The zero-order valence-electron chi connectivity index (χ0n) is 13.5. The fourth-order valence-corrected chi connectivity index (χ4v) is 3.19. The van der Waals surface area contributed by atoms with Gasteiger partial charge in [-0.2, -0.15) is 4.98 Å². The van der Waals surface area contributed by atoms with Crippen molar-refractivity contribution in [1.29, 1.82) is 0 Å². The number of nitrogens with zero attached hydrogens (tertiary/aromatic N) is 3. The van der Waals surface area contributed by atoms with Crippen LogP contribution in [-0.4, -0.2) is 45.4 Å². The van der Waals surface area contributed by atoms with Crippen molar-refractivity contribution >= 4 is 11.6 Å². The van der Waals surface area contributed by atoms with Crippen LogP contribution in [0, 0.1) is 0 Å². The Kier molecular flexibility index (Phi) is 4.71. The molecule has 1 saturated heterocycles. The minimum absolute atomic E-state index is 0.222. The molecule has 0 amide bonds. The fraction of sp³-hybridized carbons (Fsp3) is 0.529. The van der Waals surface area contributed by atoms with Gasteiger partial charge in [0.15, 0.2) is 0 Å². The van der Waals surface area contributed by atoms with Gasteiger partial charge in [0.25, 0.3) is 0 Å². The van der Waals surface area contributed by atoms with Gasteiger partial charge in [-0.15, -0.1) is 0 Å². The first-order valence-electron chi connectivity index (χ1n) is 7.95. The Balaban J connectivity index is 1.71. The zero-order valence-corrected chi connectivity index (χ0v) is 14.3. The number of piperidine rings is 1. The molecule has 0 bridgehead atoms. The van der Waals surface area contributed by atoms with Crippen LogP contribution in [0.2, 0.25) is 5.02 Å². The smallest absolute Gasteiger partial charge is 0.231 e. The summed E-state index contributed by atoms with van der Waals surface area (Å²) in [5, 5.41) is 14.8. The van der Waals surface area contributed by atoms with Gasteiger partial charge in [0.05, 0.1) is 11.5 Å². The maximum Gasteiger partial charge on any atom is 0.231 e. The fourth-order valence-electron chi connectivity index (χ4n) is 3.07. The normalized spacial score (nSPS) is 19.9. The third-order valence-electron chi connectivity index (χ3n) is 4.01. The highest BCUT2D eigenvalue weighted by atomic mass is 35.5. The molecule has 124 valence electrons. The van der Waals surface area contributed by atoms with Crippen LogP contribution >= 0.6 is 11.6 Å². The molecule has 1 aliphatic rings. The zero-order chi connectivity index (χ0) is 16.4. The van der Waals surface area contributed by atoms with E-state index in [1.165, 1.54) is 0 Å². The quantitative estimate of drug-likeness (QED) is 0.928. The van der Waals surface area contributed by atoms with Gasteiger partial charge in [0, 0.05) is 23.7 Å². The van der Waals surface area contributed by atoms with Crippen molar-refractivity contribution in [2.45, 2.75) is 38.2 Å². The number of likely N-dealkylation sites (tertiary alicyclic amines) is 1. The summed E-state index contributed by atoms with van der Waals surface area (Å²) in [7, 11) is 0.